The molecule has 2 saturated carbocycles. The lowest BCUT2D eigenvalue weighted by Gasteiger charge is -2.27. The van der Waals surface area contributed by atoms with Gasteiger partial charge < -0.3 is 25.3 Å². The summed E-state index contributed by atoms with van der Waals surface area (Å²) >= 11 is 12.3. The van der Waals surface area contributed by atoms with Crippen molar-refractivity contribution in [3.63, 3.8) is 0 Å². The first kappa shape index (κ1) is 56.5. The average molecular weight is 1060 g/mol. The molecule has 6 aromatic carbocycles. The highest BCUT2D eigenvalue weighted by molar-refractivity contribution is 6.35. The van der Waals surface area contributed by atoms with E-state index in [-0.39, 0.29) is 41.1 Å². The number of anilines is 2. The zero-order valence-electron chi connectivity index (χ0n) is 43.9. The molecule has 12 heteroatoms. The third kappa shape index (κ3) is 14.2. The number of rotatable bonds is 9. The molecule has 4 N–H and O–H groups in total. The van der Waals surface area contributed by atoms with Crippen LogP contribution in [0.15, 0.2) is 138 Å². The molecule has 10 rings (SSSR count). The number of allylic oxidation sites excluding steroid dienone is 3. The van der Waals surface area contributed by atoms with Crippen LogP contribution in [0.3, 0.4) is 0 Å². The first-order valence-electron chi connectivity index (χ1n) is 26.0. The van der Waals surface area contributed by atoms with Gasteiger partial charge in [-0.15, -0.1) is 0 Å². The molecule has 2 fully saturated rings. The van der Waals surface area contributed by atoms with Gasteiger partial charge in [-0.2, -0.15) is 0 Å². The van der Waals surface area contributed by atoms with E-state index in [1.54, 1.807) is 24.3 Å². The maximum Gasteiger partial charge on any atom is 0.336 e. The van der Waals surface area contributed by atoms with E-state index in [0.29, 0.717) is 28.6 Å². The molecule has 0 bridgehead atoms. The van der Waals surface area contributed by atoms with Crippen molar-refractivity contribution in [2.45, 2.75) is 105 Å². The molecule has 10 nitrogen and oxygen atoms in total. The molecule has 1 heterocycles. The van der Waals surface area contributed by atoms with Gasteiger partial charge >= 0.3 is 11.9 Å². The van der Waals surface area contributed by atoms with E-state index < -0.39 is 23.8 Å². The highest BCUT2D eigenvalue weighted by Gasteiger charge is 2.36. The van der Waals surface area contributed by atoms with Crippen LogP contribution in [-0.2, 0) is 27.2 Å². The van der Waals surface area contributed by atoms with Crippen LogP contribution >= 0.6 is 23.2 Å². The van der Waals surface area contributed by atoms with Crippen LogP contribution in [0.25, 0.3) is 27.5 Å². The molecule has 0 radical (unpaired) electrons. The van der Waals surface area contributed by atoms with Crippen LogP contribution in [-0.4, -0.2) is 39.7 Å². The van der Waals surface area contributed by atoms with Crippen LogP contribution in [0.2, 0.25) is 10.0 Å². The van der Waals surface area contributed by atoms with Gasteiger partial charge in [-0.05, 0) is 148 Å². The number of carbonyl (C=O) groups is 5. The van der Waals surface area contributed by atoms with Gasteiger partial charge in [0.2, 0.25) is 11.8 Å². The van der Waals surface area contributed by atoms with E-state index in [9.17, 15) is 29.1 Å². The maximum atomic E-state index is 12.3. The molecule has 2 atom stereocenters. The Morgan fingerprint density at radius 2 is 1.18 bits per heavy atom. The van der Waals surface area contributed by atoms with Gasteiger partial charge in [-0.1, -0.05) is 152 Å². The Morgan fingerprint density at radius 1 is 0.592 bits per heavy atom. The van der Waals surface area contributed by atoms with Gasteiger partial charge in [0.15, 0.2) is 5.78 Å². The molecule has 0 saturated heterocycles. The number of benzene rings is 6. The third-order valence-electron chi connectivity index (χ3n) is 14.6. The number of carbonyl (C=O) groups excluding carboxylic acids is 3. The fraction of sp³-hybridized carbons (Fsp3) is 0.297. The summed E-state index contributed by atoms with van der Waals surface area (Å²) in [5.74, 6) is -3.16. The topological polar surface area (TPSA) is 163 Å². The molecule has 1 aromatic heterocycles. The van der Waals surface area contributed by atoms with E-state index in [0.717, 1.165) is 71.2 Å². The monoisotopic (exact) mass is 1060 g/mol. The third-order valence-corrected chi connectivity index (χ3v) is 15.6. The van der Waals surface area contributed by atoms with E-state index in [2.05, 4.69) is 54.5 Å². The van der Waals surface area contributed by atoms with Crippen LogP contribution in [0, 0.1) is 45.4 Å². The number of furan rings is 1. The summed E-state index contributed by atoms with van der Waals surface area (Å²) in [5.41, 5.74) is 13.7. The smallest absolute Gasteiger partial charge is 0.336 e. The van der Waals surface area contributed by atoms with Crippen LogP contribution in [0.4, 0.5) is 11.4 Å². The zero-order chi connectivity index (χ0) is 54.6. The van der Waals surface area contributed by atoms with Gasteiger partial charge in [0.05, 0.1) is 38.8 Å². The number of aromatic carboxylic acids is 1. The first-order valence-corrected chi connectivity index (χ1v) is 26.7. The molecule has 2 amide bonds. The molecule has 0 spiro atoms. The Labute approximate surface area is 455 Å². The summed E-state index contributed by atoms with van der Waals surface area (Å²) in [7, 11) is 0. The molecule has 3 aliphatic carbocycles. The molecular formula is C64H66Cl2N2O8. The number of carboxylic acid groups (broad SMARTS) is 2. The van der Waals surface area contributed by atoms with Crippen molar-refractivity contribution in [3.8, 4) is 0 Å². The summed E-state index contributed by atoms with van der Waals surface area (Å²) in [6, 6.07) is 35.9. The van der Waals surface area contributed by atoms with Gasteiger partial charge in [0.1, 0.15) is 11.2 Å². The fourth-order valence-corrected chi connectivity index (χ4v) is 10.5. The Kier molecular flexibility index (Phi) is 19.3. The molecule has 394 valence electrons. The van der Waals surface area contributed by atoms with Crippen molar-refractivity contribution >= 4 is 91.6 Å². The lowest BCUT2D eigenvalue weighted by molar-refractivity contribution is -0.147. The molecular weight excluding hydrogens is 996 g/mol. The minimum Gasteiger partial charge on any atom is -0.481 e. The number of para-hydroxylation sites is 1. The van der Waals surface area contributed by atoms with Crippen LogP contribution < -0.4 is 10.6 Å². The van der Waals surface area contributed by atoms with Crippen molar-refractivity contribution in [3.05, 3.63) is 194 Å². The van der Waals surface area contributed by atoms with Gasteiger partial charge in [-0.3, -0.25) is 19.2 Å². The van der Waals surface area contributed by atoms with Crippen LogP contribution in [0.5, 0.6) is 0 Å². The second kappa shape index (κ2) is 26.0. The van der Waals surface area contributed by atoms with Crippen LogP contribution in [0.1, 0.15) is 124 Å². The molecule has 0 unspecified atom stereocenters. The molecule has 76 heavy (non-hydrogen) atoms. The largest absolute Gasteiger partial charge is 0.481 e. The molecule has 3 aliphatic rings. The number of aryl methyl sites for hydroxylation is 4. The number of hydrogen-bond donors (Lipinski definition) is 4. The number of Topliss-reactive ketones (excluding diaryl/α,β-unsaturated/α-hetero) is 1. The van der Waals surface area contributed by atoms with Crippen molar-refractivity contribution in [2.75, 3.05) is 10.6 Å². The number of fused-ring (bicyclic) bond motifs is 4. The van der Waals surface area contributed by atoms with Crippen molar-refractivity contribution < 1.29 is 38.6 Å². The van der Waals surface area contributed by atoms with Crippen molar-refractivity contribution in [1.82, 2.24) is 0 Å². The van der Waals surface area contributed by atoms with E-state index >= 15 is 0 Å². The number of halogens is 2. The second-order valence-electron chi connectivity index (χ2n) is 20.2. The SMILES string of the molecule is C=C1C=C(C)c2cc3c(cc2C1)oc1ccccc13.Cc1ccc(CC(=O)c2ccccc2C(=O)O)cc1C.Cc1cccc(NC(=O)C2CCCCC2)c1Cl.Cc1cccc(NC(=O)[C@H]2CCCC[C@H]2C(=O)O)c1Cl. The van der Waals surface area contributed by atoms with E-state index in [1.165, 1.54) is 63.9 Å². The Hall–Kier alpha value is -7.27. The standard InChI is InChI=1S/C18H14O.C17H16O3.C15H18ClNO3.C14H18ClNO/c1-11-7-12(2)15-10-16-14-5-3-4-6-17(14)19-18(16)9-13(15)8-11;1-11-7-8-13(9-12(11)2)10-16(18)14-5-3-4-6-15(14)17(19)20;1-9-5-4-8-12(13(9)16)17-14(18)10-6-2-3-7-11(10)15(19)20;1-10-6-5-9-12(13(10)15)16-14(17)11-7-3-2-4-8-11/h3-7,9-10H,1,8H2,2H3;3-9H,10H2,1-2H3,(H,19,20);4-5,8,10-11H,2-3,6-7H2,1H3,(H,17,18)(H,19,20);5-6,9,11H,2-4,7-8H2,1H3,(H,16,17)/t;;10-,11+;/m..0./s1. The lowest BCUT2D eigenvalue weighted by atomic mass is 9.78. The number of nitrogens with one attached hydrogen (secondary N) is 2. The Morgan fingerprint density at radius 3 is 1.82 bits per heavy atom. The average Bonchev–Trinajstić information content (AvgIpc) is 3.78. The van der Waals surface area contributed by atoms with Crippen molar-refractivity contribution in [1.29, 1.82) is 0 Å². The summed E-state index contributed by atoms with van der Waals surface area (Å²) in [4.78, 5) is 59.0. The van der Waals surface area contributed by atoms with Gasteiger partial charge in [0.25, 0.3) is 0 Å². The summed E-state index contributed by atoms with van der Waals surface area (Å²) < 4.78 is 5.94. The summed E-state index contributed by atoms with van der Waals surface area (Å²) in [5, 5.41) is 27.6. The number of ketones is 1. The fourth-order valence-electron chi connectivity index (χ4n) is 10.2. The minimum absolute atomic E-state index is 0.0568. The minimum atomic E-state index is -1.07. The predicted molar refractivity (Wildman–Crippen MR) is 307 cm³/mol. The lowest BCUT2D eigenvalue weighted by Crippen LogP contribution is -2.36. The van der Waals surface area contributed by atoms with Gasteiger partial charge in [-0.25, -0.2) is 4.79 Å². The predicted octanol–water partition coefficient (Wildman–Crippen LogP) is 16.2. The molecule has 0 aliphatic heterocycles. The Balaban J connectivity index is 0.000000148. The Bertz CT molecular complexity index is 3350. The number of carboxylic acids is 2. The highest BCUT2D eigenvalue weighted by Crippen LogP contribution is 2.37. The maximum absolute atomic E-state index is 12.3. The van der Waals surface area contributed by atoms with Gasteiger partial charge in [0, 0.05) is 28.7 Å². The summed E-state index contributed by atoms with van der Waals surface area (Å²) in [6.07, 6.45) is 11.9. The number of aliphatic carboxylic acids is 1. The quantitative estimate of drug-likeness (QED) is 0.104. The first-order chi connectivity index (χ1) is 36.4. The van der Waals surface area contributed by atoms with E-state index in [1.807, 2.05) is 88.4 Å². The normalized spacial score (nSPS) is 16.0. The highest BCUT2D eigenvalue weighted by atomic mass is 35.5. The van der Waals surface area contributed by atoms with Crippen molar-refractivity contribution in [2.24, 2.45) is 17.8 Å². The number of hydrogen-bond acceptors (Lipinski definition) is 6. The number of amides is 2. The zero-order valence-corrected chi connectivity index (χ0v) is 45.4. The molecule has 7 aromatic rings. The second-order valence-corrected chi connectivity index (χ2v) is 20.9. The van der Waals surface area contributed by atoms with E-state index in [4.69, 9.17) is 32.7 Å². The summed E-state index contributed by atoms with van der Waals surface area (Å²) in [6.45, 7) is 14.0.